The van der Waals surface area contributed by atoms with E-state index in [0.717, 1.165) is 11.5 Å². The van der Waals surface area contributed by atoms with Crippen LogP contribution in [0, 0.1) is 0 Å². The van der Waals surface area contributed by atoms with Crippen LogP contribution in [-0.2, 0) is 10.0 Å². The highest BCUT2D eigenvalue weighted by atomic mass is 32.2. The van der Waals surface area contributed by atoms with Crippen LogP contribution in [0.2, 0.25) is 0 Å². The van der Waals surface area contributed by atoms with Crippen LogP contribution < -0.4 is 4.72 Å². The van der Waals surface area contributed by atoms with E-state index in [9.17, 15) is 8.42 Å². The summed E-state index contributed by atoms with van der Waals surface area (Å²) >= 11 is 2.22. The molecule has 0 saturated heterocycles. The van der Waals surface area contributed by atoms with E-state index < -0.39 is 10.0 Å². The van der Waals surface area contributed by atoms with Gasteiger partial charge in [0, 0.05) is 17.5 Å². The Kier molecular flexibility index (Phi) is 3.45. The molecule has 2 aromatic heterocycles. The van der Waals surface area contributed by atoms with Crippen LogP contribution in [0.4, 0.5) is 5.13 Å². The minimum atomic E-state index is -3.51. The third-order valence-corrected chi connectivity index (χ3v) is 5.45. The second-order valence-corrected chi connectivity index (χ2v) is 7.26. The summed E-state index contributed by atoms with van der Waals surface area (Å²) in [6.07, 6.45) is 0. The molecule has 2 heterocycles. The van der Waals surface area contributed by atoms with E-state index in [1.54, 1.807) is 17.5 Å². The zero-order valence-corrected chi connectivity index (χ0v) is 11.7. The van der Waals surface area contributed by atoms with Gasteiger partial charge in [0.25, 0.3) is 10.0 Å². The van der Waals surface area contributed by atoms with Crippen molar-refractivity contribution in [2.75, 3.05) is 4.72 Å². The maximum atomic E-state index is 11.9. The van der Waals surface area contributed by atoms with Crippen LogP contribution in [0.15, 0.2) is 21.7 Å². The molecular formula is C9H11N3O2S3. The Balaban J connectivity index is 2.21. The lowest BCUT2D eigenvalue weighted by atomic mass is 10.2. The van der Waals surface area contributed by atoms with Crippen molar-refractivity contribution < 1.29 is 8.42 Å². The van der Waals surface area contributed by atoms with Gasteiger partial charge in [-0.15, -0.1) is 11.3 Å². The summed E-state index contributed by atoms with van der Waals surface area (Å²) in [7, 11) is -3.51. The van der Waals surface area contributed by atoms with Crippen molar-refractivity contribution in [2.24, 2.45) is 0 Å². The van der Waals surface area contributed by atoms with Gasteiger partial charge in [0.05, 0.1) is 0 Å². The van der Waals surface area contributed by atoms with Gasteiger partial charge in [0.15, 0.2) is 0 Å². The molecule has 0 amide bonds. The molecular weight excluding hydrogens is 278 g/mol. The SMILES string of the molecule is CC(C)c1nsc(NS(=O)(=O)c2cccs2)n1. The number of thiophene rings is 1. The molecule has 5 nitrogen and oxygen atoms in total. The number of nitrogens with one attached hydrogen (secondary N) is 1. The molecule has 0 atom stereocenters. The molecule has 17 heavy (non-hydrogen) atoms. The third-order valence-electron chi connectivity index (χ3n) is 1.94. The van der Waals surface area contributed by atoms with Gasteiger partial charge < -0.3 is 0 Å². The summed E-state index contributed by atoms with van der Waals surface area (Å²) in [5.74, 6) is 0.838. The van der Waals surface area contributed by atoms with E-state index >= 15 is 0 Å². The van der Waals surface area contributed by atoms with Crippen LogP contribution in [0.25, 0.3) is 0 Å². The Bertz CT molecular complexity index is 587. The average molecular weight is 289 g/mol. The normalized spacial score (nSPS) is 11.9. The Morgan fingerprint density at radius 1 is 1.41 bits per heavy atom. The lowest BCUT2D eigenvalue weighted by Gasteiger charge is -2.01. The van der Waals surface area contributed by atoms with E-state index in [-0.39, 0.29) is 10.1 Å². The van der Waals surface area contributed by atoms with Gasteiger partial charge in [0.1, 0.15) is 10.0 Å². The number of rotatable bonds is 4. The molecule has 1 N–H and O–H groups in total. The van der Waals surface area contributed by atoms with E-state index in [1.165, 1.54) is 11.3 Å². The molecule has 0 aromatic carbocycles. The van der Waals surface area contributed by atoms with Crippen molar-refractivity contribution in [3.63, 3.8) is 0 Å². The lowest BCUT2D eigenvalue weighted by molar-refractivity contribution is 0.603. The first-order valence-electron chi connectivity index (χ1n) is 4.89. The molecule has 0 radical (unpaired) electrons. The van der Waals surface area contributed by atoms with Crippen molar-refractivity contribution in [3.8, 4) is 0 Å². The number of hydrogen-bond donors (Lipinski definition) is 1. The first-order valence-corrected chi connectivity index (χ1v) is 8.02. The third kappa shape index (κ3) is 2.82. The Morgan fingerprint density at radius 2 is 2.18 bits per heavy atom. The van der Waals surface area contributed by atoms with E-state index in [2.05, 4.69) is 14.1 Å². The maximum absolute atomic E-state index is 11.9. The molecule has 8 heteroatoms. The summed E-state index contributed by atoms with van der Waals surface area (Å²) in [5, 5.41) is 2.02. The fourth-order valence-electron chi connectivity index (χ4n) is 1.09. The summed E-state index contributed by atoms with van der Waals surface area (Å²) in [4.78, 5) is 4.13. The fraction of sp³-hybridized carbons (Fsp3) is 0.333. The summed E-state index contributed by atoms with van der Waals surface area (Å²) in [6.45, 7) is 3.92. The number of hydrogen-bond acceptors (Lipinski definition) is 6. The smallest absolute Gasteiger partial charge is 0.253 e. The monoisotopic (exact) mass is 289 g/mol. The zero-order chi connectivity index (χ0) is 12.5. The Morgan fingerprint density at radius 3 is 2.71 bits per heavy atom. The first kappa shape index (κ1) is 12.5. The highest BCUT2D eigenvalue weighted by Gasteiger charge is 2.18. The van der Waals surface area contributed by atoms with Crippen molar-refractivity contribution in [2.45, 2.75) is 24.0 Å². The summed E-state index contributed by atoms with van der Waals surface area (Å²) < 4.78 is 30.5. The maximum Gasteiger partial charge on any atom is 0.273 e. The molecule has 0 aliphatic rings. The molecule has 2 aromatic rings. The minimum absolute atomic E-state index is 0.186. The predicted octanol–water partition coefficient (Wildman–Crippen LogP) is 2.52. The number of aromatic nitrogens is 2. The van der Waals surface area contributed by atoms with Gasteiger partial charge in [-0.3, -0.25) is 4.72 Å². The summed E-state index contributed by atoms with van der Waals surface area (Å²) in [6, 6.07) is 3.25. The quantitative estimate of drug-likeness (QED) is 0.938. The van der Waals surface area contributed by atoms with Gasteiger partial charge in [-0.05, 0) is 11.4 Å². The van der Waals surface area contributed by atoms with Gasteiger partial charge in [-0.2, -0.15) is 4.37 Å². The fourth-order valence-corrected chi connectivity index (χ4v) is 4.02. The van der Waals surface area contributed by atoms with Crippen LogP contribution in [0.5, 0.6) is 0 Å². The molecule has 0 spiro atoms. The van der Waals surface area contributed by atoms with Crippen LogP contribution in [-0.4, -0.2) is 17.8 Å². The molecule has 0 saturated carbocycles. The van der Waals surface area contributed by atoms with Crippen LogP contribution in [0.3, 0.4) is 0 Å². The number of anilines is 1. The Hall–Kier alpha value is -0.990. The van der Waals surface area contributed by atoms with Gasteiger partial charge in [0.2, 0.25) is 5.13 Å². The largest absolute Gasteiger partial charge is 0.273 e. The molecule has 92 valence electrons. The van der Waals surface area contributed by atoms with Gasteiger partial charge in [-0.1, -0.05) is 19.9 Å². The highest BCUT2D eigenvalue weighted by Crippen LogP contribution is 2.22. The summed E-state index contributed by atoms with van der Waals surface area (Å²) in [5.41, 5.74) is 0. The van der Waals surface area contributed by atoms with Crippen LogP contribution >= 0.6 is 22.9 Å². The second-order valence-electron chi connectivity index (χ2n) is 3.65. The van der Waals surface area contributed by atoms with Crippen molar-refractivity contribution in [1.29, 1.82) is 0 Å². The van der Waals surface area contributed by atoms with Gasteiger partial charge >= 0.3 is 0 Å². The van der Waals surface area contributed by atoms with E-state index in [0.29, 0.717) is 11.0 Å². The van der Waals surface area contributed by atoms with Crippen LogP contribution in [0.1, 0.15) is 25.6 Å². The van der Waals surface area contributed by atoms with Gasteiger partial charge in [-0.25, -0.2) is 13.4 Å². The molecule has 0 aliphatic heterocycles. The standard InChI is InChI=1S/C9H11N3O2S3/c1-6(2)8-10-9(16-11-8)12-17(13,14)7-4-3-5-15-7/h3-6H,1-2H3,(H,10,11,12). The lowest BCUT2D eigenvalue weighted by Crippen LogP contribution is -2.11. The molecule has 2 rings (SSSR count). The average Bonchev–Trinajstić information content (AvgIpc) is 2.85. The molecule has 0 aliphatic carbocycles. The molecule has 0 fully saturated rings. The first-order chi connectivity index (χ1) is 7.99. The number of nitrogens with zero attached hydrogens (tertiary/aromatic N) is 2. The van der Waals surface area contributed by atoms with Crippen molar-refractivity contribution >= 4 is 38.0 Å². The second kappa shape index (κ2) is 4.71. The topological polar surface area (TPSA) is 72.0 Å². The molecule has 0 bridgehead atoms. The zero-order valence-electron chi connectivity index (χ0n) is 9.25. The van der Waals surface area contributed by atoms with Crippen molar-refractivity contribution in [1.82, 2.24) is 9.36 Å². The Labute approximate surface area is 108 Å². The molecule has 0 unspecified atom stereocenters. The van der Waals surface area contributed by atoms with Crippen molar-refractivity contribution in [3.05, 3.63) is 23.3 Å². The van der Waals surface area contributed by atoms with E-state index in [4.69, 9.17) is 0 Å². The highest BCUT2D eigenvalue weighted by molar-refractivity contribution is 7.94. The number of sulfonamides is 1. The minimum Gasteiger partial charge on any atom is -0.253 e. The van der Waals surface area contributed by atoms with E-state index in [1.807, 2.05) is 13.8 Å². The predicted molar refractivity (Wildman–Crippen MR) is 69.1 cm³/mol.